The third kappa shape index (κ3) is 5.38. The number of aryl methyl sites for hydroxylation is 3. The zero-order valence-corrected chi connectivity index (χ0v) is 14.7. The van der Waals surface area contributed by atoms with E-state index in [-0.39, 0.29) is 5.92 Å². The van der Waals surface area contributed by atoms with Crippen molar-refractivity contribution in [2.75, 3.05) is 0 Å². The van der Waals surface area contributed by atoms with Gasteiger partial charge < -0.3 is 10.2 Å². The summed E-state index contributed by atoms with van der Waals surface area (Å²) in [6.07, 6.45) is 1.09. The SMILES string of the molecule is Cc1cc(C)c(CC(=O)C2CCC(C)C2C)c(C)c1.O=C(O)O. The van der Waals surface area contributed by atoms with Gasteiger partial charge in [-0.2, -0.15) is 0 Å². The van der Waals surface area contributed by atoms with Gasteiger partial charge in [-0.05, 0) is 62.1 Å². The van der Waals surface area contributed by atoms with Gasteiger partial charge in [0.15, 0.2) is 0 Å². The number of benzene rings is 1. The van der Waals surface area contributed by atoms with Crippen LogP contribution in [0.3, 0.4) is 0 Å². The maximum absolute atomic E-state index is 12.6. The predicted molar refractivity (Wildman–Crippen MR) is 91.1 cm³/mol. The largest absolute Gasteiger partial charge is 0.503 e. The molecule has 4 heteroatoms. The van der Waals surface area contributed by atoms with Crippen LogP contribution in [-0.2, 0) is 11.2 Å². The van der Waals surface area contributed by atoms with Crippen LogP contribution < -0.4 is 0 Å². The summed E-state index contributed by atoms with van der Waals surface area (Å²) in [7, 11) is 0. The maximum Gasteiger partial charge on any atom is 0.503 e. The van der Waals surface area contributed by atoms with Gasteiger partial charge in [-0.1, -0.05) is 31.5 Å². The van der Waals surface area contributed by atoms with Crippen LogP contribution in [0.15, 0.2) is 12.1 Å². The molecule has 0 heterocycles. The van der Waals surface area contributed by atoms with Gasteiger partial charge in [0.2, 0.25) is 0 Å². The molecule has 2 N–H and O–H groups in total. The molecule has 1 aliphatic carbocycles. The van der Waals surface area contributed by atoms with Crippen LogP contribution in [0.25, 0.3) is 0 Å². The highest BCUT2D eigenvalue weighted by molar-refractivity contribution is 5.84. The lowest BCUT2D eigenvalue weighted by Crippen LogP contribution is -2.21. The van der Waals surface area contributed by atoms with Crippen LogP contribution >= 0.6 is 0 Å². The van der Waals surface area contributed by atoms with Gasteiger partial charge in [0.05, 0.1) is 0 Å². The van der Waals surface area contributed by atoms with Crippen molar-refractivity contribution in [3.63, 3.8) is 0 Å². The van der Waals surface area contributed by atoms with E-state index in [1.54, 1.807) is 0 Å². The molecule has 0 spiro atoms. The smallest absolute Gasteiger partial charge is 0.450 e. The molecule has 1 saturated carbocycles. The first-order valence-corrected chi connectivity index (χ1v) is 8.14. The highest BCUT2D eigenvalue weighted by Gasteiger charge is 2.34. The summed E-state index contributed by atoms with van der Waals surface area (Å²) in [4.78, 5) is 21.1. The van der Waals surface area contributed by atoms with Gasteiger partial charge >= 0.3 is 6.16 Å². The molecular weight excluding hydrogens is 292 g/mol. The Bertz CT molecular complexity index is 550. The van der Waals surface area contributed by atoms with Crippen molar-refractivity contribution >= 4 is 11.9 Å². The quantitative estimate of drug-likeness (QED) is 0.851. The minimum atomic E-state index is -1.83. The molecule has 0 aliphatic heterocycles. The number of hydrogen-bond acceptors (Lipinski definition) is 2. The van der Waals surface area contributed by atoms with Crippen LogP contribution in [0.5, 0.6) is 0 Å². The molecule has 0 bridgehead atoms. The van der Waals surface area contributed by atoms with Gasteiger partial charge in [0.1, 0.15) is 5.78 Å². The highest BCUT2D eigenvalue weighted by Crippen LogP contribution is 2.37. The molecule has 0 amide bonds. The normalized spacial score (nSPS) is 23.1. The van der Waals surface area contributed by atoms with Gasteiger partial charge in [-0.25, -0.2) is 4.79 Å². The maximum atomic E-state index is 12.6. The van der Waals surface area contributed by atoms with E-state index in [2.05, 4.69) is 46.8 Å². The van der Waals surface area contributed by atoms with Crippen molar-refractivity contribution < 1.29 is 19.8 Å². The molecule has 1 aromatic rings. The van der Waals surface area contributed by atoms with Crippen LogP contribution in [-0.4, -0.2) is 22.2 Å². The summed E-state index contributed by atoms with van der Waals surface area (Å²) in [6.45, 7) is 10.9. The van der Waals surface area contributed by atoms with Gasteiger partial charge in [-0.3, -0.25) is 4.79 Å². The second kappa shape index (κ2) is 8.14. The second-order valence-electron chi connectivity index (χ2n) is 6.82. The summed E-state index contributed by atoms with van der Waals surface area (Å²) in [5.41, 5.74) is 5.07. The number of rotatable bonds is 3. The van der Waals surface area contributed by atoms with E-state index in [0.717, 1.165) is 6.42 Å². The van der Waals surface area contributed by atoms with Crippen LogP contribution in [0.4, 0.5) is 4.79 Å². The molecule has 0 radical (unpaired) electrons. The molecule has 3 atom stereocenters. The van der Waals surface area contributed by atoms with Crippen molar-refractivity contribution in [1.29, 1.82) is 0 Å². The van der Waals surface area contributed by atoms with E-state index in [0.29, 0.717) is 24.0 Å². The second-order valence-corrected chi connectivity index (χ2v) is 6.82. The first kappa shape index (κ1) is 19.2. The van der Waals surface area contributed by atoms with E-state index in [4.69, 9.17) is 15.0 Å². The molecule has 3 unspecified atom stereocenters. The summed E-state index contributed by atoms with van der Waals surface area (Å²) in [5.74, 6) is 2.00. The highest BCUT2D eigenvalue weighted by atomic mass is 16.6. The number of carbonyl (C=O) groups is 2. The monoisotopic (exact) mass is 320 g/mol. The Kier molecular flexibility index (Phi) is 6.79. The molecule has 23 heavy (non-hydrogen) atoms. The van der Waals surface area contributed by atoms with E-state index in [9.17, 15) is 4.79 Å². The van der Waals surface area contributed by atoms with E-state index >= 15 is 0 Å². The molecule has 2 rings (SSSR count). The van der Waals surface area contributed by atoms with E-state index in [1.807, 2.05) is 0 Å². The van der Waals surface area contributed by atoms with Crippen molar-refractivity contribution in [2.24, 2.45) is 17.8 Å². The summed E-state index contributed by atoms with van der Waals surface area (Å²) >= 11 is 0. The van der Waals surface area contributed by atoms with Gasteiger partial charge in [0, 0.05) is 12.3 Å². The summed E-state index contributed by atoms with van der Waals surface area (Å²) in [6, 6.07) is 4.38. The Hall–Kier alpha value is -1.84. The Morgan fingerprint density at radius 3 is 1.91 bits per heavy atom. The van der Waals surface area contributed by atoms with E-state index < -0.39 is 6.16 Å². The topological polar surface area (TPSA) is 74.6 Å². The Morgan fingerprint density at radius 2 is 1.52 bits per heavy atom. The van der Waals surface area contributed by atoms with Gasteiger partial charge in [-0.15, -0.1) is 0 Å². The minimum Gasteiger partial charge on any atom is -0.450 e. The molecule has 128 valence electrons. The molecule has 0 aromatic heterocycles. The average molecular weight is 320 g/mol. The van der Waals surface area contributed by atoms with Gasteiger partial charge in [0.25, 0.3) is 0 Å². The van der Waals surface area contributed by atoms with E-state index in [1.165, 1.54) is 28.7 Å². The Balaban J connectivity index is 0.000000593. The average Bonchev–Trinajstić information content (AvgIpc) is 2.73. The third-order valence-electron chi connectivity index (χ3n) is 5.07. The fourth-order valence-corrected chi connectivity index (χ4v) is 3.61. The predicted octanol–water partition coefficient (Wildman–Crippen LogP) is 4.63. The molecule has 1 fully saturated rings. The lowest BCUT2D eigenvalue weighted by molar-refractivity contribution is -0.123. The number of Topliss-reactive ketones (excluding diaryl/α,β-unsaturated/α-hetero) is 1. The van der Waals surface area contributed by atoms with Crippen molar-refractivity contribution in [1.82, 2.24) is 0 Å². The molecule has 1 aromatic carbocycles. The summed E-state index contributed by atoms with van der Waals surface area (Å²) in [5, 5.41) is 13.9. The molecule has 0 saturated heterocycles. The first-order chi connectivity index (χ1) is 10.6. The Labute approximate surface area is 138 Å². The summed E-state index contributed by atoms with van der Waals surface area (Å²) < 4.78 is 0. The number of carbonyl (C=O) groups excluding carboxylic acids is 1. The molecule has 1 aliphatic rings. The van der Waals surface area contributed by atoms with Crippen LogP contribution in [0.1, 0.15) is 48.9 Å². The fraction of sp³-hybridized carbons (Fsp3) is 0.579. The lowest BCUT2D eigenvalue weighted by atomic mass is 9.85. The minimum absolute atomic E-state index is 0.287. The zero-order valence-electron chi connectivity index (χ0n) is 14.7. The standard InChI is InChI=1S/C18H26O.CH2O3/c1-11-8-13(3)17(14(4)9-11)10-18(19)16-7-6-12(2)15(16)5;2-1(3)4/h8-9,12,15-16H,6-7,10H2,1-5H3;(H2,2,3,4). The number of hydrogen-bond donors (Lipinski definition) is 2. The van der Waals surface area contributed by atoms with Crippen LogP contribution in [0.2, 0.25) is 0 Å². The third-order valence-corrected chi connectivity index (χ3v) is 5.07. The zero-order chi connectivity index (χ0) is 17.7. The van der Waals surface area contributed by atoms with Crippen molar-refractivity contribution in [2.45, 2.75) is 53.9 Å². The number of ketones is 1. The van der Waals surface area contributed by atoms with Crippen LogP contribution in [0, 0.1) is 38.5 Å². The fourth-order valence-electron chi connectivity index (χ4n) is 3.61. The molecule has 4 nitrogen and oxygen atoms in total. The Morgan fingerprint density at radius 1 is 1.04 bits per heavy atom. The molecular formula is C19H28O4. The van der Waals surface area contributed by atoms with Crippen molar-refractivity contribution in [3.8, 4) is 0 Å². The van der Waals surface area contributed by atoms with Crippen molar-refractivity contribution in [3.05, 3.63) is 34.4 Å². The number of carboxylic acid groups (broad SMARTS) is 2. The lowest BCUT2D eigenvalue weighted by Gasteiger charge is -2.18. The first-order valence-electron chi connectivity index (χ1n) is 8.14.